The van der Waals surface area contributed by atoms with Crippen molar-refractivity contribution in [1.82, 2.24) is 10.2 Å². The van der Waals surface area contributed by atoms with Crippen LogP contribution in [0, 0.1) is 11.8 Å². The highest BCUT2D eigenvalue weighted by molar-refractivity contribution is 5.80. The van der Waals surface area contributed by atoms with Crippen LogP contribution in [-0.2, 0) is 9.53 Å². The lowest BCUT2D eigenvalue weighted by molar-refractivity contribution is -0.151. The minimum Gasteiger partial charge on any atom is -0.465 e. The van der Waals surface area contributed by atoms with Gasteiger partial charge < -0.3 is 15.0 Å². The molecule has 21 heavy (non-hydrogen) atoms. The zero-order valence-corrected chi connectivity index (χ0v) is 14.6. The standard InChI is InChI=1S/C17H34N2O2/c1-6-18-17(5,16(20)21-7-2)10-13-19-11-8-15(9-12-19)14(3)4/h14-15,18H,6-13H2,1-5H3. The first kappa shape index (κ1) is 18.4. The Balaban J connectivity index is 2.45. The molecule has 0 aromatic carbocycles. The summed E-state index contributed by atoms with van der Waals surface area (Å²) in [5.74, 6) is 1.54. The molecule has 0 saturated carbocycles. The number of hydrogen-bond acceptors (Lipinski definition) is 4. The molecule has 0 aliphatic carbocycles. The van der Waals surface area contributed by atoms with Gasteiger partial charge in [0.25, 0.3) is 0 Å². The normalized spacial score (nSPS) is 20.5. The van der Waals surface area contributed by atoms with Crippen LogP contribution in [0.4, 0.5) is 0 Å². The van der Waals surface area contributed by atoms with Gasteiger partial charge in [-0.15, -0.1) is 0 Å². The third kappa shape index (κ3) is 5.59. The van der Waals surface area contributed by atoms with Gasteiger partial charge in [-0.1, -0.05) is 20.8 Å². The van der Waals surface area contributed by atoms with Crippen molar-refractivity contribution < 1.29 is 9.53 Å². The van der Waals surface area contributed by atoms with Crippen LogP contribution in [0.2, 0.25) is 0 Å². The molecule has 1 aliphatic rings. The van der Waals surface area contributed by atoms with Crippen molar-refractivity contribution in [2.45, 2.75) is 59.4 Å². The first-order valence-electron chi connectivity index (χ1n) is 8.57. The number of likely N-dealkylation sites (N-methyl/N-ethyl adjacent to an activating group) is 1. The predicted molar refractivity (Wildman–Crippen MR) is 87.3 cm³/mol. The van der Waals surface area contributed by atoms with Crippen molar-refractivity contribution in [3.8, 4) is 0 Å². The smallest absolute Gasteiger partial charge is 0.326 e. The first-order valence-corrected chi connectivity index (χ1v) is 8.57. The Morgan fingerprint density at radius 2 is 1.95 bits per heavy atom. The number of carbonyl (C=O) groups excluding carboxylic acids is 1. The van der Waals surface area contributed by atoms with Gasteiger partial charge in [0.1, 0.15) is 5.54 Å². The van der Waals surface area contributed by atoms with Crippen LogP contribution in [-0.4, -0.2) is 49.2 Å². The van der Waals surface area contributed by atoms with E-state index in [2.05, 4.69) is 24.1 Å². The van der Waals surface area contributed by atoms with E-state index in [4.69, 9.17) is 4.74 Å². The molecule has 0 spiro atoms. The molecule has 1 unspecified atom stereocenters. The molecule has 1 atom stereocenters. The molecule has 1 saturated heterocycles. The number of esters is 1. The molecule has 0 aromatic rings. The van der Waals surface area contributed by atoms with Gasteiger partial charge in [0.2, 0.25) is 0 Å². The van der Waals surface area contributed by atoms with Gasteiger partial charge in [-0.3, -0.25) is 4.79 Å². The summed E-state index contributed by atoms with van der Waals surface area (Å²) < 4.78 is 5.23. The molecule has 0 aromatic heterocycles. The largest absolute Gasteiger partial charge is 0.465 e. The van der Waals surface area contributed by atoms with E-state index in [1.165, 1.54) is 12.8 Å². The first-order chi connectivity index (χ1) is 9.92. The van der Waals surface area contributed by atoms with Gasteiger partial charge >= 0.3 is 5.97 Å². The average Bonchev–Trinajstić information content (AvgIpc) is 2.46. The lowest BCUT2D eigenvalue weighted by atomic mass is 9.86. The third-order valence-corrected chi connectivity index (χ3v) is 4.80. The number of nitrogens with one attached hydrogen (secondary N) is 1. The molecular formula is C17H34N2O2. The molecule has 0 radical (unpaired) electrons. The summed E-state index contributed by atoms with van der Waals surface area (Å²) in [5.41, 5.74) is -0.556. The Labute approximate surface area is 130 Å². The zero-order valence-electron chi connectivity index (χ0n) is 14.6. The van der Waals surface area contributed by atoms with E-state index in [-0.39, 0.29) is 5.97 Å². The van der Waals surface area contributed by atoms with Crippen LogP contribution in [0.25, 0.3) is 0 Å². The maximum absolute atomic E-state index is 12.2. The van der Waals surface area contributed by atoms with Gasteiger partial charge in [-0.25, -0.2) is 0 Å². The van der Waals surface area contributed by atoms with Crippen LogP contribution in [0.5, 0.6) is 0 Å². The Bertz CT molecular complexity index is 312. The van der Waals surface area contributed by atoms with Crippen molar-refractivity contribution >= 4 is 5.97 Å². The number of ether oxygens (including phenoxy) is 1. The number of likely N-dealkylation sites (tertiary alicyclic amines) is 1. The second kappa shape index (κ2) is 8.74. The van der Waals surface area contributed by atoms with Gasteiger partial charge in [-0.05, 0) is 64.6 Å². The second-order valence-electron chi connectivity index (χ2n) is 6.76. The molecule has 0 bridgehead atoms. The van der Waals surface area contributed by atoms with E-state index in [1.54, 1.807) is 0 Å². The van der Waals surface area contributed by atoms with E-state index >= 15 is 0 Å². The summed E-state index contributed by atoms with van der Waals surface area (Å²) in [7, 11) is 0. The molecule has 1 fully saturated rings. The lowest BCUT2D eigenvalue weighted by Gasteiger charge is -2.36. The maximum atomic E-state index is 12.2. The zero-order chi connectivity index (χ0) is 15.9. The van der Waals surface area contributed by atoms with Gasteiger partial charge in [-0.2, -0.15) is 0 Å². The van der Waals surface area contributed by atoms with E-state index in [1.807, 2.05) is 20.8 Å². The number of carbonyl (C=O) groups is 1. The number of hydrogen-bond donors (Lipinski definition) is 1. The lowest BCUT2D eigenvalue weighted by Crippen LogP contribution is -2.52. The van der Waals surface area contributed by atoms with Gasteiger partial charge in [0.15, 0.2) is 0 Å². The van der Waals surface area contributed by atoms with Crippen molar-refractivity contribution in [2.24, 2.45) is 11.8 Å². The quantitative estimate of drug-likeness (QED) is 0.700. The molecule has 1 N–H and O–H groups in total. The second-order valence-corrected chi connectivity index (χ2v) is 6.76. The van der Waals surface area contributed by atoms with E-state index in [0.29, 0.717) is 6.61 Å². The Morgan fingerprint density at radius 1 is 1.33 bits per heavy atom. The van der Waals surface area contributed by atoms with Crippen LogP contribution in [0.15, 0.2) is 0 Å². The van der Waals surface area contributed by atoms with Crippen molar-refractivity contribution in [3.05, 3.63) is 0 Å². The maximum Gasteiger partial charge on any atom is 0.326 e. The van der Waals surface area contributed by atoms with Crippen LogP contribution in [0.1, 0.15) is 53.9 Å². The molecule has 124 valence electrons. The molecule has 4 nitrogen and oxygen atoms in total. The van der Waals surface area contributed by atoms with Crippen molar-refractivity contribution in [3.63, 3.8) is 0 Å². The Kier molecular flexibility index (Phi) is 7.67. The summed E-state index contributed by atoms with van der Waals surface area (Å²) in [5, 5.41) is 3.31. The number of nitrogens with zero attached hydrogens (tertiary/aromatic N) is 1. The SMILES string of the molecule is CCNC(C)(CCN1CCC(C(C)C)CC1)C(=O)OCC. The number of rotatable bonds is 8. The average molecular weight is 298 g/mol. The summed E-state index contributed by atoms with van der Waals surface area (Å²) >= 11 is 0. The minimum atomic E-state index is -0.556. The summed E-state index contributed by atoms with van der Waals surface area (Å²) in [4.78, 5) is 14.7. The molecule has 0 amide bonds. The third-order valence-electron chi connectivity index (χ3n) is 4.80. The van der Waals surface area contributed by atoms with Crippen LogP contribution in [0.3, 0.4) is 0 Å². The van der Waals surface area contributed by atoms with E-state index in [9.17, 15) is 4.79 Å². The van der Waals surface area contributed by atoms with Crippen molar-refractivity contribution in [1.29, 1.82) is 0 Å². The predicted octanol–water partition coefficient (Wildman–Crippen LogP) is 2.68. The summed E-state index contributed by atoms with van der Waals surface area (Å²) in [6.45, 7) is 15.0. The minimum absolute atomic E-state index is 0.121. The molecular weight excluding hydrogens is 264 g/mol. The topological polar surface area (TPSA) is 41.6 Å². The number of piperidine rings is 1. The highest BCUT2D eigenvalue weighted by atomic mass is 16.5. The van der Waals surface area contributed by atoms with Crippen LogP contribution < -0.4 is 5.32 Å². The fraction of sp³-hybridized carbons (Fsp3) is 0.941. The van der Waals surface area contributed by atoms with Gasteiger partial charge in [0.05, 0.1) is 6.61 Å². The van der Waals surface area contributed by atoms with E-state index < -0.39 is 5.54 Å². The monoisotopic (exact) mass is 298 g/mol. The summed E-state index contributed by atoms with van der Waals surface area (Å²) in [6, 6.07) is 0. The summed E-state index contributed by atoms with van der Waals surface area (Å²) in [6.07, 6.45) is 3.38. The Morgan fingerprint density at radius 3 is 2.43 bits per heavy atom. The Hall–Kier alpha value is -0.610. The molecule has 4 heteroatoms. The highest BCUT2D eigenvalue weighted by Crippen LogP contribution is 2.25. The van der Waals surface area contributed by atoms with Gasteiger partial charge in [0, 0.05) is 6.54 Å². The van der Waals surface area contributed by atoms with Crippen LogP contribution >= 0.6 is 0 Å². The molecule has 1 aliphatic heterocycles. The fourth-order valence-corrected chi connectivity index (χ4v) is 3.17. The fourth-order valence-electron chi connectivity index (χ4n) is 3.17. The molecule has 1 heterocycles. The molecule has 1 rings (SSSR count). The highest BCUT2D eigenvalue weighted by Gasteiger charge is 2.34. The van der Waals surface area contributed by atoms with E-state index in [0.717, 1.165) is 44.4 Å². The van der Waals surface area contributed by atoms with Crippen molar-refractivity contribution in [2.75, 3.05) is 32.8 Å².